The van der Waals surface area contributed by atoms with E-state index in [1.807, 2.05) is 19.1 Å². The van der Waals surface area contributed by atoms with Gasteiger partial charge >= 0.3 is 0 Å². The molecule has 0 heterocycles. The van der Waals surface area contributed by atoms with E-state index < -0.39 is 0 Å². The van der Waals surface area contributed by atoms with Gasteiger partial charge in [0.1, 0.15) is 0 Å². The lowest BCUT2D eigenvalue weighted by atomic mass is 10.1. The average Bonchev–Trinajstić information content (AvgIpc) is 2.56. The molecule has 0 aliphatic rings. The van der Waals surface area contributed by atoms with E-state index in [0.717, 1.165) is 49.5 Å². The summed E-state index contributed by atoms with van der Waals surface area (Å²) in [4.78, 5) is 0. The first kappa shape index (κ1) is 19.5. The summed E-state index contributed by atoms with van der Waals surface area (Å²) in [6, 6.07) is 4.17. The van der Waals surface area contributed by atoms with Crippen LogP contribution in [0.15, 0.2) is 24.8 Å². The summed E-state index contributed by atoms with van der Waals surface area (Å²) in [5.41, 5.74) is 2.27. The molecular formula is C18H30N2O3. The van der Waals surface area contributed by atoms with Gasteiger partial charge in [-0.25, -0.2) is 0 Å². The van der Waals surface area contributed by atoms with Gasteiger partial charge in [-0.15, -0.1) is 6.58 Å². The Kier molecular flexibility index (Phi) is 10.1. The van der Waals surface area contributed by atoms with Crippen molar-refractivity contribution < 1.29 is 14.6 Å². The van der Waals surface area contributed by atoms with E-state index in [0.29, 0.717) is 13.2 Å². The standard InChI is InChI=1S/C18H30N2O3/c1-4-7-16-12-15(13-17(22-3)18(16)23-5-2)14-20-9-6-8-19-10-11-21/h4,12-13,19-21H,1,5-11,14H2,2-3H3. The van der Waals surface area contributed by atoms with Crippen LogP contribution >= 0.6 is 0 Å². The Bertz CT molecular complexity index is 464. The molecule has 0 spiro atoms. The summed E-state index contributed by atoms with van der Waals surface area (Å²) in [6.45, 7) is 9.85. The van der Waals surface area contributed by atoms with Gasteiger partial charge < -0.3 is 25.2 Å². The lowest BCUT2D eigenvalue weighted by Crippen LogP contribution is -2.23. The fraction of sp³-hybridized carbons (Fsp3) is 0.556. The highest BCUT2D eigenvalue weighted by Crippen LogP contribution is 2.33. The molecule has 0 aromatic heterocycles. The number of methoxy groups -OCH3 is 1. The van der Waals surface area contributed by atoms with Crippen LogP contribution in [0.4, 0.5) is 0 Å². The average molecular weight is 322 g/mol. The molecule has 0 aliphatic heterocycles. The van der Waals surface area contributed by atoms with Gasteiger partial charge in [-0.05, 0) is 44.5 Å². The summed E-state index contributed by atoms with van der Waals surface area (Å²) in [5, 5.41) is 15.3. The zero-order chi connectivity index (χ0) is 16.9. The van der Waals surface area contributed by atoms with E-state index in [1.165, 1.54) is 5.56 Å². The second-order valence-corrected chi connectivity index (χ2v) is 5.22. The van der Waals surface area contributed by atoms with Crippen LogP contribution < -0.4 is 20.1 Å². The van der Waals surface area contributed by atoms with Crippen molar-refractivity contribution in [1.82, 2.24) is 10.6 Å². The van der Waals surface area contributed by atoms with Crippen molar-refractivity contribution in [2.75, 3.05) is 40.0 Å². The number of hydrogen-bond donors (Lipinski definition) is 3. The minimum Gasteiger partial charge on any atom is -0.493 e. The number of ether oxygens (including phenoxy) is 2. The first-order chi connectivity index (χ1) is 11.3. The van der Waals surface area contributed by atoms with Crippen LogP contribution in [0.5, 0.6) is 11.5 Å². The number of aliphatic hydroxyl groups is 1. The summed E-state index contributed by atoms with van der Waals surface area (Å²) < 4.78 is 11.2. The van der Waals surface area contributed by atoms with Crippen molar-refractivity contribution in [2.45, 2.75) is 26.3 Å². The van der Waals surface area contributed by atoms with Crippen LogP contribution in [0.1, 0.15) is 24.5 Å². The van der Waals surface area contributed by atoms with E-state index >= 15 is 0 Å². The van der Waals surface area contributed by atoms with Gasteiger partial charge in [0.2, 0.25) is 0 Å². The number of hydrogen-bond acceptors (Lipinski definition) is 5. The molecule has 1 aromatic carbocycles. The molecule has 0 radical (unpaired) electrons. The Morgan fingerprint density at radius 3 is 2.65 bits per heavy atom. The Labute approximate surface area is 139 Å². The largest absolute Gasteiger partial charge is 0.493 e. The molecule has 5 heteroatoms. The minimum atomic E-state index is 0.186. The van der Waals surface area contributed by atoms with Gasteiger partial charge in [-0.3, -0.25) is 0 Å². The monoisotopic (exact) mass is 322 g/mol. The Hall–Kier alpha value is -1.56. The molecular weight excluding hydrogens is 292 g/mol. The van der Waals surface area contributed by atoms with Crippen LogP contribution in [0, 0.1) is 0 Å². The lowest BCUT2D eigenvalue weighted by Gasteiger charge is -2.16. The summed E-state index contributed by atoms with van der Waals surface area (Å²) in [6.07, 6.45) is 3.65. The highest BCUT2D eigenvalue weighted by atomic mass is 16.5. The molecule has 0 fully saturated rings. The Balaban J connectivity index is 2.60. The predicted molar refractivity (Wildman–Crippen MR) is 94.3 cm³/mol. The van der Waals surface area contributed by atoms with Crippen molar-refractivity contribution in [2.24, 2.45) is 0 Å². The van der Waals surface area contributed by atoms with Gasteiger partial charge in [-0.2, -0.15) is 0 Å². The molecule has 1 aromatic rings. The molecule has 0 atom stereocenters. The molecule has 23 heavy (non-hydrogen) atoms. The van der Waals surface area contributed by atoms with Crippen molar-refractivity contribution >= 4 is 0 Å². The van der Waals surface area contributed by atoms with E-state index in [1.54, 1.807) is 7.11 Å². The quantitative estimate of drug-likeness (QED) is 0.382. The van der Waals surface area contributed by atoms with Crippen molar-refractivity contribution in [1.29, 1.82) is 0 Å². The highest BCUT2D eigenvalue weighted by Gasteiger charge is 2.12. The number of benzene rings is 1. The van der Waals surface area contributed by atoms with Gasteiger partial charge in [0.25, 0.3) is 0 Å². The maximum absolute atomic E-state index is 8.69. The number of rotatable bonds is 13. The second-order valence-electron chi connectivity index (χ2n) is 5.22. The predicted octanol–water partition coefficient (Wildman–Crippen LogP) is 1.88. The van der Waals surface area contributed by atoms with Crippen LogP contribution in [-0.2, 0) is 13.0 Å². The van der Waals surface area contributed by atoms with Crippen LogP contribution in [-0.4, -0.2) is 45.1 Å². The second kappa shape index (κ2) is 11.9. The molecule has 1 rings (SSSR count). The minimum absolute atomic E-state index is 0.186. The molecule has 0 saturated heterocycles. The van der Waals surface area contributed by atoms with Crippen molar-refractivity contribution in [3.8, 4) is 11.5 Å². The zero-order valence-electron chi connectivity index (χ0n) is 14.4. The molecule has 0 saturated carbocycles. The van der Waals surface area contributed by atoms with Crippen LogP contribution in [0.3, 0.4) is 0 Å². The van der Waals surface area contributed by atoms with Gasteiger partial charge in [0, 0.05) is 18.7 Å². The Morgan fingerprint density at radius 2 is 2.00 bits per heavy atom. The normalized spacial score (nSPS) is 10.6. The van der Waals surface area contributed by atoms with Gasteiger partial charge in [-0.1, -0.05) is 12.1 Å². The molecule has 0 bridgehead atoms. The maximum Gasteiger partial charge on any atom is 0.164 e. The number of allylic oxidation sites excluding steroid dienone is 1. The summed E-state index contributed by atoms with van der Waals surface area (Å²) >= 11 is 0. The Morgan fingerprint density at radius 1 is 1.22 bits per heavy atom. The zero-order valence-corrected chi connectivity index (χ0v) is 14.4. The highest BCUT2D eigenvalue weighted by molar-refractivity contribution is 5.50. The molecule has 0 unspecified atom stereocenters. The summed E-state index contributed by atoms with van der Waals surface area (Å²) in [7, 11) is 1.67. The molecule has 5 nitrogen and oxygen atoms in total. The topological polar surface area (TPSA) is 62.8 Å². The fourth-order valence-corrected chi connectivity index (χ4v) is 2.37. The smallest absolute Gasteiger partial charge is 0.164 e. The molecule has 3 N–H and O–H groups in total. The fourth-order valence-electron chi connectivity index (χ4n) is 2.37. The third kappa shape index (κ3) is 7.03. The third-order valence-corrected chi connectivity index (χ3v) is 3.39. The van der Waals surface area contributed by atoms with Gasteiger partial charge in [0.05, 0.1) is 20.3 Å². The van der Waals surface area contributed by atoms with Gasteiger partial charge in [0.15, 0.2) is 11.5 Å². The first-order valence-electron chi connectivity index (χ1n) is 8.22. The van der Waals surface area contributed by atoms with E-state index in [4.69, 9.17) is 14.6 Å². The van der Waals surface area contributed by atoms with E-state index in [-0.39, 0.29) is 6.61 Å². The van der Waals surface area contributed by atoms with Crippen molar-refractivity contribution in [3.05, 3.63) is 35.9 Å². The van der Waals surface area contributed by atoms with E-state index in [2.05, 4.69) is 23.3 Å². The van der Waals surface area contributed by atoms with E-state index in [9.17, 15) is 0 Å². The maximum atomic E-state index is 8.69. The number of nitrogens with one attached hydrogen (secondary N) is 2. The SMILES string of the molecule is C=CCc1cc(CNCCCNCCO)cc(OC)c1OCC. The molecule has 130 valence electrons. The lowest BCUT2D eigenvalue weighted by molar-refractivity contribution is 0.292. The van der Waals surface area contributed by atoms with Crippen molar-refractivity contribution in [3.63, 3.8) is 0 Å². The summed E-state index contributed by atoms with van der Waals surface area (Å²) in [5.74, 6) is 1.58. The van der Waals surface area contributed by atoms with Crippen LogP contribution in [0.2, 0.25) is 0 Å². The molecule has 0 aliphatic carbocycles. The third-order valence-electron chi connectivity index (χ3n) is 3.39. The number of aliphatic hydroxyl groups excluding tert-OH is 1. The first-order valence-corrected chi connectivity index (χ1v) is 8.22. The molecule has 0 amide bonds. The van der Waals surface area contributed by atoms with Crippen LogP contribution in [0.25, 0.3) is 0 Å².